The van der Waals surface area contributed by atoms with E-state index in [2.05, 4.69) is 15.0 Å². The van der Waals surface area contributed by atoms with E-state index in [4.69, 9.17) is 10.5 Å². The number of benzene rings is 1. The van der Waals surface area contributed by atoms with Gasteiger partial charge in [-0.3, -0.25) is 4.98 Å². The van der Waals surface area contributed by atoms with Gasteiger partial charge in [-0.1, -0.05) is 18.2 Å². The highest BCUT2D eigenvalue weighted by molar-refractivity contribution is 6.08. The molecule has 0 amide bonds. The van der Waals surface area contributed by atoms with Crippen LogP contribution in [0.3, 0.4) is 0 Å². The Balaban J connectivity index is 1.98. The zero-order valence-electron chi connectivity index (χ0n) is 14.2. The summed E-state index contributed by atoms with van der Waals surface area (Å²) in [6, 6.07) is 13.1. The number of nitrogens with zero attached hydrogens (tertiary/aromatic N) is 4. The molecule has 0 saturated heterocycles. The van der Waals surface area contributed by atoms with Gasteiger partial charge in [-0.25, -0.2) is 14.8 Å². The number of ether oxygens (including phenoxy) is 1. The van der Waals surface area contributed by atoms with Gasteiger partial charge in [0.2, 0.25) is 0 Å². The number of carbonyl (C=O) groups is 1. The molecule has 0 bridgehead atoms. The van der Waals surface area contributed by atoms with Crippen molar-refractivity contribution in [2.24, 2.45) is 0 Å². The fourth-order valence-electron chi connectivity index (χ4n) is 2.94. The van der Waals surface area contributed by atoms with Gasteiger partial charge in [0.25, 0.3) is 0 Å². The third kappa shape index (κ3) is 2.63. The van der Waals surface area contributed by atoms with E-state index in [1.807, 2.05) is 42.5 Å². The second kappa shape index (κ2) is 6.44. The summed E-state index contributed by atoms with van der Waals surface area (Å²) in [6.07, 6.45) is 1.71. The Morgan fingerprint density at radius 2 is 1.85 bits per heavy atom. The maximum Gasteiger partial charge on any atom is 0.344 e. The molecule has 0 aliphatic rings. The summed E-state index contributed by atoms with van der Waals surface area (Å²) in [7, 11) is 0. The Morgan fingerprint density at radius 1 is 1.12 bits per heavy atom. The molecule has 0 aliphatic carbocycles. The second-order valence-corrected chi connectivity index (χ2v) is 5.77. The molecule has 3 aromatic heterocycles. The van der Waals surface area contributed by atoms with E-state index in [0.717, 1.165) is 11.2 Å². The molecular weight excluding hydrogens is 330 g/mol. The van der Waals surface area contributed by atoms with Crippen LogP contribution in [-0.2, 0) is 11.3 Å². The summed E-state index contributed by atoms with van der Waals surface area (Å²) in [6.45, 7) is 2.39. The van der Waals surface area contributed by atoms with Crippen molar-refractivity contribution in [3.63, 3.8) is 0 Å². The Bertz CT molecular complexity index is 1110. The van der Waals surface area contributed by atoms with Crippen LogP contribution in [0.15, 0.2) is 48.7 Å². The molecule has 0 spiro atoms. The molecular formula is C19H17N5O2. The molecule has 130 valence electrons. The average molecular weight is 347 g/mol. The zero-order chi connectivity index (χ0) is 18.1. The summed E-state index contributed by atoms with van der Waals surface area (Å²) in [5.74, 6) is -0.223. The lowest BCUT2D eigenvalue weighted by molar-refractivity contribution is 0.0529. The number of nitrogen functional groups attached to an aromatic ring is 1. The molecule has 0 unspecified atom stereocenters. The number of esters is 1. The van der Waals surface area contributed by atoms with Gasteiger partial charge < -0.3 is 15.0 Å². The van der Waals surface area contributed by atoms with Crippen molar-refractivity contribution in [2.45, 2.75) is 13.5 Å². The van der Waals surface area contributed by atoms with Crippen LogP contribution >= 0.6 is 0 Å². The van der Waals surface area contributed by atoms with E-state index in [1.54, 1.807) is 17.7 Å². The first-order valence-corrected chi connectivity index (χ1v) is 8.30. The van der Waals surface area contributed by atoms with Crippen LogP contribution in [0.1, 0.15) is 23.0 Å². The number of fused-ring (bicyclic) bond motifs is 2. The summed E-state index contributed by atoms with van der Waals surface area (Å²) in [5, 5.41) is 0. The lowest BCUT2D eigenvalue weighted by Crippen LogP contribution is -2.10. The summed E-state index contributed by atoms with van der Waals surface area (Å²) in [5.41, 5.74) is 9.77. The number of nitrogens with two attached hydrogens (primary N) is 1. The van der Waals surface area contributed by atoms with Crippen LogP contribution in [0.2, 0.25) is 0 Å². The number of aromatic nitrogens is 4. The van der Waals surface area contributed by atoms with Gasteiger partial charge in [-0.15, -0.1) is 0 Å². The molecule has 7 heteroatoms. The quantitative estimate of drug-likeness (QED) is 0.570. The third-order valence-corrected chi connectivity index (χ3v) is 4.12. The van der Waals surface area contributed by atoms with Crippen LogP contribution in [0.5, 0.6) is 0 Å². The second-order valence-electron chi connectivity index (χ2n) is 5.77. The number of hydrogen-bond donors (Lipinski definition) is 1. The minimum atomic E-state index is -0.501. The van der Waals surface area contributed by atoms with Gasteiger partial charge in [-0.2, -0.15) is 0 Å². The van der Waals surface area contributed by atoms with E-state index in [0.29, 0.717) is 23.2 Å². The highest BCUT2D eigenvalue weighted by Gasteiger charge is 2.25. The fourth-order valence-corrected chi connectivity index (χ4v) is 2.94. The van der Waals surface area contributed by atoms with E-state index in [9.17, 15) is 4.79 Å². The summed E-state index contributed by atoms with van der Waals surface area (Å²) in [4.78, 5) is 26.1. The Morgan fingerprint density at radius 3 is 2.54 bits per heavy atom. The predicted molar refractivity (Wildman–Crippen MR) is 98.7 cm³/mol. The molecule has 3 heterocycles. The van der Waals surface area contributed by atoms with E-state index >= 15 is 0 Å². The molecule has 1 aromatic carbocycles. The van der Waals surface area contributed by atoms with Crippen molar-refractivity contribution >= 4 is 34.0 Å². The highest BCUT2D eigenvalue weighted by atomic mass is 16.5. The number of rotatable bonds is 4. The van der Waals surface area contributed by atoms with Gasteiger partial charge in [0.15, 0.2) is 5.65 Å². The first-order chi connectivity index (χ1) is 12.7. The van der Waals surface area contributed by atoms with Crippen LogP contribution in [-0.4, -0.2) is 32.1 Å². The van der Waals surface area contributed by atoms with Gasteiger partial charge >= 0.3 is 5.97 Å². The van der Waals surface area contributed by atoms with E-state index < -0.39 is 5.97 Å². The lowest BCUT2D eigenvalue weighted by atomic mass is 10.2. The minimum Gasteiger partial charge on any atom is -0.462 e. The molecule has 4 aromatic rings. The van der Waals surface area contributed by atoms with Gasteiger partial charge in [-0.05, 0) is 31.2 Å². The smallest absolute Gasteiger partial charge is 0.344 e. The Labute approximate surface area is 149 Å². The Hall–Kier alpha value is -3.48. The maximum atomic E-state index is 12.5. The lowest BCUT2D eigenvalue weighted by Gasteiger charge is -2.07. The predicted octanol–water partition coefficient (Wildman–Crippen LogP) is 2.79. The third-order valence-electron chi connectivity index (χ3n) is 4.12. The van der Waals surface area contributed by atoms with E-state index in [-0.39, 0.29) is 18.0 Å². The van der Waals surface area contributed by atoms with Crippen molar-refractivity contribution in [1.82, 2.24) is 19.5 Å². The normalized spacial score (nSPS) is 11.1. The monoisotopic (exact) mass is 347 g/mol. The first-order valence-electron chi connectivity index (χ1n) is 8.30. The minimum absolute atomic E-state index is 0.246. The number of hydrogen-bond acceptors (Lipinski definition) is 6. The zero-order valence-corrected chi connectivity index (χ0v) is 14.2. The standard InChI is InChI=1S/C19H17N5O2/c1-2-26-19(25)15-16-18(23-14-9-4-3-8-13(14)22-16)24(17(15)20)11-12-7-5-6-10-21-12/h3-10H,2,11,20H2,1H3. The van der Waals surface area contributed by atoms with Crippen molar-refractivity contribution in [2.75, 3.05) is 12.3 Å². The molecule has 0 saturated carbocycles. The van der Waals surface area contributed by atoms with Gasteiger partial charge in [0.1, 0.15) is 16.9 Å². The molecule has 0 atom stereocenters. The van der Waals surface area contributed by atoms with Crippen LogP contribution in [0.4, 0.5) is 5.82 Å². The maximum absolute atomic E-state index is 12.5. The van der Waals surface area contributed by atoms with Crippen LogP contribution < -0.4 is 5.73 Å². The van der Waals surface area contributed by atoms with Gasteiger partial charge in [0, 0.05) is 6.20 Å². The van der Waals surface area contributed by atoms with Gasteiger partial charge in [0.05, 0.1) is 29.9 Å². The van der Waals surface area contributed by atoms with Crippen molar-refractivity contribution in [3.8, 4) is 0 Å². The molecule has 0 aliphatic heterocycles. The van der Waals surface area contributed by atoms with Crippen molar-refractivity contribution in [1.29, 1.82) is 0 Å². The topological polar surface area (TPSA) is 95.9 Å². The molecule has 0 fully saturated rings. The van der Waals surface area contributed by atoms with Crippen molar-refractivity contribution in [3.05, 3.63) is 59.9 Å². The summed E-state index contributed by atoms with van der Waals surface area (Å²) < 4.78 is 6.93. The van der Waals surface area contributed by atoms with Crippen molar-refractivity contribution < 1.29 is 9.53 Å². The molecule has 4 rings (SSSR count). The number of pyridine rings is 1. The number of carbonyl (C=O) groups excluding carboxylic acids is 1. The molecule has 26 heavy (non-hydrogen) atoms. The molecule has 7 nitrogen and oxygen atoms in total. The number of para-hydroxylation sites is 2. The number of anilines is 1. The molecule has 0 radical (unpaired) electrons. The molecule has 2 N–H and O–H groups in total. The fraction of sp³-hybridized carbons (Fsp3) is 0.158. The highest BCUT2D eigenvalue weighted by Crippen LogP contribution is 2.29. The van der Waals surface area contributed by atoms with Crippen LogP contribution in [0.25, 0.3) is 22.2 Å². The summed E-state index contributed by atoms with van der Waals surface area (Å²) >= 11 is 0. The van der Waals surface area contributed by atoms with Crippen LogP contribution in [0, 0.1) is 0 Å². The average Bonchev–Trinajstić information content (AvgIpc) is 2.92. The SMILES string of the molecule is CCOC(=O)c1c(N)n(Cc2ccccn2)c2nc3ccccc3nc12. The first kappa shape index (κ1) is 16.0. The van der Waals surface area contributed by atoms with E-state index in [1.165, 1.54) is 0 Å². The largest absolute Gasteiger partial charge is 0.462 e. The Kier molecular flexibility index (Phi) is 3.96.